The molecule has 0 unspecified atom stereocenters. The molecule has 0 radical (unpaired) electrons. The Kier molecular flexibility index (Phi) is 4.89. The standard InChI is InChI=1S/C23H19FN8O/c1-13-10-16(11-14(2)27-13)19-20(15-5-7-17(24)8-6-15)28-22(25)32-21(19)30-31(23(32)33)12-18-4-3-9-26-29-18/h3-11H,12H2,1-2H3,(H2,25,28). The highest BCUT2D eigenvalue weighted by Gasteiger charge is 2.22. The molecule has 0 spiro atoms. The normalized spacial score (nSPS) is 11.2. The zero-order valence-electron chi connectivity index (χ0n) is 17.9. The fourth-order valence-corrected chi connectivity index (χ4v) is 3.84. The molecule has 5 rings (SSSR count). The molecule has 4 aromatic heterocycles. The maximum Gasteiger partial charge on any atom is 0.353 e. The number of nitrogens with two attached hydrogens (primary N) is 1. The number of anilines is 1. The Hall–Kier alpha value is -4.47. The lowest BCUT2D eigenvalue weighted by Crippen LogP contribution is -2.24. The smallest absolute Gasteiger partial charge is 0.353 e. The molecule has 0 saturated heterocycles. The van der Waals surface area contributed by atoms with Crippen LogP contribution in [0.4, 0.5) is 10.3 Å². The van der Waals surface area contributed by atoms with Gasteiger partial charge < -0.3 is 5.73 Å². The minimum Gasteiger partial charge on any atom is -0.369 e. The maximum absolute atomic E-state index is 13.6. The molecule has 1 aromatic carbocycles. The van der Waals surface area contributed by atoms with Crippen LogP contribution in [0.5, 0.6) is 0 Å². The van der Waals surface area contributed by atoms with E-state index in [1.54, 1.807) is 30.5 Å². The number of pyridine rings is 1. The summed E-state index contributed by atoms with van der Waals surface area (Å²) in [6, 6.07) is 13.2. The Morgan fingerprint density at radius 2 is 1.73 bits per heavy atom. The second-order valence-electron chi connectivity index (χ2n) is 7.65. The van der Waals surface area contributed by atoms with Crippen LogP contribution in [0.1, 0.15) is 17.1 Å². The first-order chi connectivity index (χ1) is 15.9. The average molecular weight is 442 g/mol. The van der Waals surface area contributed by atoms with E-state index in [1.165, 1.54) is 21.2 Å². The summed E-state index contributed by atoms with van der Waals surface area (Å²) in [5, 5.41) is 12.5. The van der Waals surface area contributed by atoms with Crippen LogP contribution in [-0.2, 0) is 6.54 Å². The Labute approximate surface area is 187 Å². The van der Waals surface area contributed by atoms with Gasteiger partial charge in [-0.2, -0.15) is 10.2 Å². The molecule has 10 heteroatoms. The van der Waals surface area contributed by atoms with Gasteiger partial charge in [0.1, 0.15) is 5.82 Å². The third kappa shape index (κ3) is 3.71. The molecule has 0 saturated carbocycles. The van der Waals surface area contributed by atoms with E-state index in [1.807, 2.05) is 26.0 Å². The van der Waals surface area contributed by atoms with Crippen LogP contribution in [0.15, 0.2) is 59.5 Å². The van der Waals surface area contributed by atoms with Crippen LogP contribution in [0.25, 0.3) is 28.0 Å². The summed E-state index contributed by atoms with van der Waals surface area (Å²) in [7, 11) is 0. The molecule has 0 amide bonds. The van der Waals surface area contributed by atoms with Gasteiger partial charge in [-0.3, -0.25) is 4.98 Å². The largest absolute Gasteiger partial charge is 0.369 e. The second-order valence-corrected chi connectivity index (χ2v) is 7.65. The summed E-state index contributed by atoms with van der Waals surface area (Å²) in [6.45, 7) is 3.89. The van der Waals surface area contributed by atoms with Crippen LogP contribution >= 0.6 is 0 Å². The monoisotopic (exact) mass is 442 g/mol. The number of aromatic nitrogens is 7. The lowest BCUT2D eigenvalue weighted by atomic mass is 9.99. The predicted octanol–water partition coefficient (Wildman–Crippen LogP) is 2.80. The molecular weight excluding hydrogens is 423 g/mol. The summed E-state index contributed by atoms with van der Waals surface area (Å²) in [5.74, 6) is -0.389. The Bertz CT molecular complexity index is 1520. The molecular formula is C23H19FN8O. The first-order valence-corrected chi connectivity index (χ1v) is 10.2. The molecule has 5 aromatic rings. The number of nitrogens with zero attached hydrogens (tertiary/aromatic N) is 7. The van der Waals surface area contributed by atoms with Gasteiger partial charge in [-0.1, -0.05) is 0 Å². The number of halogens is 1. The molecule has 164 valence electrons. The molecule has 0 bridgehead atoms. The number of rotatable bonds is 4. The van der Waals surface area contributed by atoms with Gasteiger partial charge in [0.15, 0.2) is 5.65 Å². The van der Waals surface area contributed by atoms with E-state index >= 15 is 0 Å². The molecule has 0 aliphatic heterocycles. The van der Waals surface area contributed by atoms with Crippen molar-refractivity contribution in [1.82, 2.24) is 34.3 Å². The molecule has 2 N–H and O–H groups in total. The van der Waals surface area contributed by atoms with E-state index in [9.17, 15) is 9.18 Å². The lowest BCUT2D eigenvalue weighted by Gasteiger charge is -2.13. The molecule has 33 heavy (non-hydrogen) atoms. The van der Waals surface area contributed by atoms with Crippen molar-refractivity contribution in [3.8, 4) is 22.4 Å². The van der Waals surface area contributed by atoms with E-state index in [2.05, 4.69) is 25.3 Å². The first kappa shape index (κ1) is 20.4. The van der Waals surface area contributed by atoms with E-state index in [0.717, 1.165) is 17.0 Å². The Morgan fingerprint density at radius 1 is 1.00 bits per heavy atom. The molecule has 0 fully saturated rings. The van der Waals surface area contributed by atoms with Crippen molar-refractivity contribution in [2.75, 3.05) is 5.73 Å². The van der Waals surface area contributed by atoms with Crippen molar-refractivity contribution < 1.29 is 4.39 Å². The van der Waals surface area contributed by atoms with E-state index in [0.29, 0.717) is 28.2 Å². The van der Waals surface area contributed by atoms with Gasteiger partial charge in [0, 0.05) is 23.1 Å². The molecule has 0 atom stereocenters. The summed E-state index contributed by atoms with van der Waals surface area (Å²) in [6.07, 6.45) is 1.55. The molecule has 9 nitrogen and oxygen atoms in total. The van der Waals surface area contributed by atoms with Crippen molar-refractivity contribution in [1.29, 1.82) is 0 Å². The van der Waals surface area contributed by atoms with E-state index in [-0.39, 0.29) is 18.3 Å². The lowest BCUT2D eigenvalue weighted by molar-refractivity contribution is 0.628. The highest BCUT2D eigenvalue weighted by atomic mass is 19.1. The van der Waals surface area contributed by atoms with Gasteiger partial charge in [-0.05, 0) is 67.9 Å². The summed E-state index contributed by atoms with van der Waals surface area (Å²) >= 11 is 0. The molecule has 0 aliphatic carbocycles. The predicted molar refractivity (Wildman–Crippen MR) is 121 cm³/mol. The zero-order valence-corrected chi connectivity index (χ0v) is 17.9. The highest BCUT2D eigenvalue weighted by Crippen LogP contribution is 2.35. The quantitative estimate of drug-likeness (QED) is 0.455. The van der Waals surface area contributed by atoms with Crippen molar-refractivity contribution in [3.05, 3.63) is 88.1 Å². The maximum atomic E-state index is 13.6. The highest BCUT2D eigenvalue weighted by molar-refractivity contribution is 5.90. The van der Waals surface area contributed by atoms with Gasteiger partial charge in [-0.15, -0.1) is 5.10 Å². The topological polar surface area (TPSA) is 117 Å². The minimum absolute atomic E-state index is 0.0222. The van der Waals surface area contributed by atoms with Gasteiger partial charge in [0.2, 0.25) is 5.95 Å². The fraction of sp³-hybridized carbons (Fsp3) is 0.130. The van der Waals surface area contributed by atoms with Crippen molar-refractivity contribution in [2.24, 2.45) is 0 Å². The number of hydrogen-bond acceptors (Lipinski definition) is 7. The average Bonchev–Trinajstić information content (AvgIpc) is 3.10. The van der Waals surface area contributed by atoms with Crippen LogP contribution < -0.4 is 11.4 Å². The van der Waals surface area contributed by atoms with Crippen molar-refractivity contribution in [2.45, 2.75) is 20.4 Å². The fourth-order valence-electron chi connectivity index (χ4n) is 3.84. The van der Waals surface area contributed by atoms with Gasteiger partial charge in [-0.25, -0.2) is 23.3 Å². The van der Waals surface area contributed by atoms with Crippen LogP contribution in [0.3, 0.4) is 0 Å². The third-order valence-electron chi connectivity index (χ3n) is 5.18. The number of aryl methyl sites for hydroxylation is 2. The van der Waals surface area contributed by atoms with Gasteiger partial charge in [0.05, 0.1) is 23.5 Å². The number of benzene rings is 1. The second kappa shape index (κ2) is 7.90. The number of nitrogen functional groups attached to an aromatic ring is 1. The van der Waals surface area contributed by atoms with Crippen molar-refractivity contribution in [3.63, 3.8) is 0 Å². The number of hydrogen-bond donors (Lipinski definition) is 1. The summed E-state index contributed by atoms with van der Waals surface area (Å²) in [5.41, 5.74) is 10.8. The first-order valence-electron chi connectivity index (χ1n) is 10.2. The molecule has 4 heterocycles. The Balaban J connectivity index is 1.83. The zero-order chi connectivity index (χ0) is 23.1. The summed E-state index contributed by atoms with van der Waals surface area (Å²) in [4.78, 5) is 22.2. The SMILES string of the molecule is Cc1cc(-c2c(-c3ccc(F)cc3)nc(N)n3c(=O)n(Cc4cccnn4)nc23)cc(C)n1. The number of fused-ring (bicyclic) bond motifs is 1. The van der Waals surface area contributed by atoms with Crippen LogP contribution in [0.2, 0.25) is 0 Å². The van der Waals surface area contributed by atoms with Gasteiger partial charge >= 0.3 is 5.69 Å². The Morgan fingerprint density at radius 3 is 2.39 bits per heavy atom. The van der Waals surface area contributed by atoms with E-state index < -0.39 is 5.69 Å². The summed E-state index contributed by atoms with van der Waals surface area (Å²) < 4.78 is 16.1. The molecule has 0 aliphatic rings. The van der Waals surface area contributed by atoms with Crippen LogP contribution in [0, 0.1) is 19.7 Å². The third-order valence-corrected chi connectivity index (χ3v) is 5.18. The van der Waals surface area contributed by atoms with Crippen LogP contribution in [-0.4, -0.2) is 34.3 Å². The minimum atomic E-state index is -0.449. The van der Waals surface area contributed by atoms with Gasteiger partial charge in [0.25, 0.3) is 0 Å². The van der Waals surface area contributed by atoms with Crippen molar-refractivity contribution >= 4 is 11.6 Å². The van der Waals surface area contributed by atoms with E-state index in [4.69, 9.17) is 5.73 Å².